The molecule has 2 aromatic rings. The zero-order chi connectivity index (χ0) is 17.2. The number of amides is 1. The van der Waals surface area contributed by atoms with Crippen LogP contribution in [0.4, 0.5) is 5.69 Å². The minimum Gasteiger partial charge on any atom is -0.380 e. The first kappa shape index (κ1) is 16.3. The van der Waals surface area contributed by atoms with Crippen LogP contribution < -0.4 is 4.90 Å². The van der Waals surface area contributed by atoms with E-state index in [1.54, 1.807) is 7.11 Å². The van der Waals surface area contributed by atoms with Gasteiger partial charge in [0.05, 0.1) is 13.2 Å². The van der Waals surface area contributed by atoms with Crippen molar-refractivity contribution < 1.29 is 14.3 Å². The van der Waals surface area contributed by atoms with Crippen LogP contribution in [0.1, 0.15) is 24.0 Å². The molecule has 1 aliphatic heterocycles. The number of ether oxygens (including phenoxy) is 2. The van der Waals surface area contributed by atoms with Gasteiger partial charge in [-0.05, 0) is 47.6 Å². The van der Waals surface area contributed by atoms with Crippen molar-refractivity contribution in [3.8, 4) is 11.1 Å². The van der Waals surface area contributed by atoms with Gasteiger partial charge in [0.1, 0.15) is 6.61 Å². The van der Waals surface area contributed by atoms with Crippen molar-refractivity contribution in [2.75, 3.05) is 25.2 Å². The predicted molar refractivity (Wildman–Crippen MR) is 97.3 cm³/mol. The lowest BCUT2D eigenvalue weighted by Crippen LogP contribution is -2.34. The molecule has 0 unspecified atom stereocenters. The number of hydrogen-bond acceptors (Lipinski definition) is 3. The maximum atomic E-state index is 12.5. The van der Waals surface area contributed by atoms with Crippen molar-refractivity contribution in [1.29, 1.82) is 0 Å². The van der Waals surface area contributed by atoms with Crippen molar-refractivity contribution in [2.45, 2.75) is 26.1 Å². The summed E-state index contributed by atoms with van der Waals surface area (Å²) in [5.41, 5.74) is 5.49. The van der Waals surface area contributed by atoms with Gasteiger partial charge < -0.3 is 14.4 Å². The van der Waals surface area contributed by atoms with Crippen LogP contribution in [0.5, 0.6) is 0 Å². The lowest BCUT2D eigenvalue weighted by atomic mass is 10.00. The molecule has 2 aliphatic rings. The molecule has 1 fully saturated rings. The summed E-state index contributed by atoms with van der Waals surface area (Å²) in [5.74, 6) is 0.708. The second kappa shape index (κ2) is 6.98. The van der Waals surface area contributed by atoms with Gasteiger partial charge in [-0.3, -0.25) is 4.79 Å². The molecule has 4 heteroatoms. The van der Waals surface area contributed by atoms with Crippen molar-refractivity contribution >= 4 is 11.6 Å². The first-order valence-corrected chi connectivity index (χ1v) is 8.84. The van der Waals surface area contributed by atoms with Gasteiger partial charge in [-0.2, -0.15) is 0 Å². The third kappa shape index (κ3) is 3.60. The van der Waals surface area contributed by atoms with Crippen LogP contribution >= 0.6 is 0 Å². The molecule has 2 aromatic carbocycles. The van der Waals surface area contributed by atoms with Gasteiger partial charge in [-0.1, -0.05) is 30.3 Å². The summed E-state index contributed by atoms with van der Waals surface area (Å²) in [7, 11) is 1.70. The monoisotopic (exact) mass is 337 g/mol. The van der Waals surface area contributed by atoms with Gasteiger partial charge in [-0.15, -0.1) is 0 Å². The molecular formula is C21H23NO3. The van der Waals surface area contributed by atoms with Gasteiger partial charge in [0, 0.05) is 24.9 Å². The standard InChI is InChI=1S/C21H23NO3/c1-24-12-16-3-2-4-17(9-16)18-7-8-19-13-25-14-21(23)22(20(19)10-18)11-15-5-6-15/h2-4,7-10,15H,5-6,11-14H2,1H3. The third-order valence-electron chi connectivity index (χ3n) is 4.87. The Morgan fingerprint density at radius 1 is 1.12 bits per heavy atom. The van der Waals surface area contributed by atoms with E-state index in [-0.39, 0.29) is 12.5 Å². The number of fused-ring (bicyclic) bond motifs is 1. The zero-order valence-corrected chi connectivity index (χ0v) is 14.5. The summed E-state index contributed by atoms with van der Waals surface area (Å²) in [4.78, 5) is 14.4. The summed E-state index contributed by atoms with van der Waals surface area (Å²) >= 11 is 0. The molecule has 0 atom stereocenters. The highest BCUT2D eigenvalue weighted by molar-refractivity contribution is 5.96. The molecule has 130 valence electrons. The Kier molecular flexibility index (Phi) is 4.55. The highest BCUT2D eigenvalue weighted by Gasteiger charge is 2.30. The third-order valence-corrected chi connectivity index (χ3v) is 4.87. The first-order valence-electron chi connectivity index (χ1n) is 8.84. The van der Waals surface area contributed by atoms with E-state index in [1.807, 2.05) is 11.0 Å². The average molecular weight is 337 g/mol. The normalized spacial score (nSPS) is 17.3. The fourth-order valence-electron chi connectivity index (χ4n) is 3.34. The molecule has 25 heavy (non-hydrogen) atoms. The number of rotatable bonds is 5. The van der Waals surface area contributed by atoms with Crippen molar-refractivity contribution in [3.63, 3.8) is 0 Å². The minimum atomic E-state index is 0.0657. The zero-order valence-electron chi connectivity index (χ0n) is 14.5. The van der Waals surface area contributed by atoms with Crippen LogP contribution in [0.15, 0.2) is 42.5 Å². The number of hydrogen-bond donors (Lipinski definition) is 0. The van der Waals surface area contributed by atoms with Gasteiger partial charge in [0.25, 0.3) is 5.91 Å². The van der Waals surface area contributed by atoms with Crippen LogP contribution in [0, 0.1) is 5.92 Å². The largest absolute Gasteiger partial charge is 0.380 e. The summed E-state index contributed by atoms with van der Waals surface area (Å²) in [6.45, 7) is 2.06. The summed E-state index contributed by atoms with van der Waals surface area (Å²) in [5, 5.41) is 0. The van der Waals surface area contributed by atoms with Crippen molar-refractivity contribution in [3.05, 3.63) is 53.6 Å². The Bertz CT molecular complexity index is 782. The van der Waals surface area contributed by atoms with Crippen molar-refractivity contribution in [2.24, 2.45) is 5.92 Å². The smallest absolute Gasteiger partial charge is 0.253 e. The Labute approximate surface area is 148 Å². The predicted octanol–water partition coefficient (Wildman–Crippen LogP) is 3.77. The van der Waals surface area contributed by atoms with E-state index < -0.39 is 0 Å². The molecule has 1 saturated carbocycles. The minimum absolute atomic E-state index is 0.0657. The van der Waals surface area contributed by atoms with E-state index in [4.69, 9.17) is 9.47 Å². The molecule has 0 radical (unpaired) electrons. The second-order valence-electron chi connectivity index (χ2n) is 6.92. The maximum absolute atomic E-state index is 12.5. The average Bonchev–Trinajstić information content (AvgIpc) is 3.45. The molecule has 4 rings (SSSR count). The second-order valence-corrected chi connectivity index (χ2v) is 6.92. The molecule has 0 N–H and O–H groups in total. The summed E-state index contributed by atoms with van der Waals surface area (Å²) in [6, 6.07) is 14.7. The molecule has 0 saturated heterocycles. The first-order chi connectivity index (χ1) is 12.2. The highest BCUT2D eigenvalue weighted by atomic mass is 16.5. The number of methoxy groups -OCH3 is 1. The maximum Gasteiger partial charge on any atom is 0.253 e. The SMILES string of the molecule is COCc1cccc(-c2ccc3c(c2)N(CC2CC2)C(=O)COC3)c1. The van der Waals surface area contributed by atoms with Crippen LogP contribution in [-0.2, 0) is 27.5 Å². The number of carbonyl (C=O) groups is 1. The van der Waals surface area contributed by atoms with E-state index in [9.17, 15) is 4.79 Å². The Morgan fingerprint density at radius 3 is 2.76 bits per heavy atom. The molecule has 0 spiro atoms. The van der Waals surface area contributed by atoms with Crippen LogP contribution in [0.25, 0.3) is 11.1 Å². The molecule has 1 heterocycles. The van der Waals surface area contributed by atoms with E-state index in [0.29, 0.717) is 19.1 Å². The van der Waals surface area contributed by atoms with Crippen LogP contribution in [0.3, 0.4) is 0 Å². The van der Waals surface area contributed by atoms with E-state index in [0.717, 1.165) is 34.5 Å². The van der Waals surface area contributed by atoms with E-state index >= 15 is 0 Å². The Balaban J connectivity index is 1.71. The highest BCUT2D eigenvalue weighted by Crippen LogP contribution is 2.35. The summed E-state index contributed by atoms with van der Waals surface area (Å²) < 4.78 is 10.8. The van der Waals surface area contributed by atoms with Crippen LogP contribution in [-0.4, -0.2) is 26.2 Å². The van der Waals surface area contributed by atoms with Gasteiger partial charge in [-0.25, -0.2) is 0 Å². The van der Waals surface area contributed by atoms with Gasteiger partial charge >= 0.3 is 0 Å². The molecule has 1 aliphatic carbocycles. The number of nitrogens with zero attached hydrogens (tertiary/aromatic N) is 1. The number of carbonyl (C=O) groups excluding carboxylic acids is 1. The Hall–Kier alpha value is -2.17. The number of anilines is 1. The molecule has 0 bridgehead atoms. The molecule has 1 amide bonds. The molecule has 4 nitrogen and oxygen atoms in total. The van der Waals surface area contributed by atoms with Crippen LogP contribution in [0.2, 0.25) is 0 Å². The summed E-state index contributed by atoms with van der Waals surface area (Å²) in [6.07, 6.45) is 2.44. The van der Waals surface area contributed by atoms with Gasteiger partial charge in [0.15, 0.2) is 0 Å². The quantitative estimate of drug-likeness (QED) is 0.833. The lowest BCUT2D eigenvalue weighted by molar-refractivity contribution is -0.123. The topological polar surface area (TPSA) is 38.8 Å². The fraction of sp³-hybridized carbons (Fsp3) is 0.381. The molecule has 0 aromatic heterocycles. The van der Waals surface area contributed by atoms with E-state index in [2.05, 4.69) is 36.4 Å². The molecular weight excluding hydrogens is 314 g/mol. The van der Waals surface area contributed by atoms with Gasteiger partial charge in [0.2, 0.25) is 0 Å². The number of benzene rings is 2. The fourth-order valence-corrected chi connectivity index (χ4v) is 3.34. The Morgan fingerprint density at radius 2 is 1.96 bits per heavy atom. The lowest BCUT2D eigenvalue weighted by Gasteiger charge is -2.23. The van der Waals surface area contributed by atoms with E-state index in [1.165, 1.54) is 12.8 Å². The van der Waals surface area contributed by atoms with Crippen molar-refractivity contribution in [1.82, 2.24) is 0 Å².